The Hall–Kier alpha value is -0.790. The van der Waals surface area contributed by atoms with E-state index in [1.165, 1.54) is 0 Å². The second kappa shape index (κ2) is 6.89. The van der Waals surface area contributed by atoms with Crippen molar-refractivity contribution in [3.8, 4) is 0 Å². The van der Waals surface area contributed by atoms with Crippen LogP contribution in [0.25, 0.3) is 0 Å². The first-order valence-corrected chi connectivity index (χ1v) is 4.64. The molecule has 0 heterocycles. The minimum atomic E-state index is -0.753. The molecule has 0 spiro atoms. The van der Waals surface area contributed by atoms with Crippen molar-refractivity contribution in [3.05, 3.63) is 11.6 Å². The summed E-state index contributed by atoms with van der Waals surface area (Å²) in [6.45, 7) is 4.12. The molecule has 0 saturated carbocycles. The number of unbranched alkanes of at least 4 members (excludes halogenated alkanes) is 2. The molecule has 0 amide bonds. The molecule has 70 valence electrons. The van der Waals surface area contributed by atoms with E-state index in [4.69, 9.17) is 5.11 Å². The van der Waals surface area contributed by atoms with Crippen LogP contribution in [0.4, 0.5) is 0 Å². The first-order valence-electron chi connectivity index (χ1n) is 4.64. The fraction of sp³-hybridized carbons (Fsp3) is 0.700. The number of hydrogen-bond acceptors (Lipinski definition) is 1. The topological polar surface area (TPSA) is 37.3 Å². The molecule has 0 radical (unpaired) electrons. The van der Waals surface area contributed by atoms with E-state index in [1.807, 2.05) is 6.08 Å². The van der Waals surface area contributed by atoms with Crippen molar-refractivity contribution in [2.75, 3.05) is 0 Å². The van der Waals surface area contributed by atoms with Gasteiger partial charge in [-0.05, 0) is 19.3 Å². The zero-order valence-electron chi connectivity index (χ0n) is 7.97. The molecule has 12 heavy (non-hydrogen) atoms. The van der Waals surface area contributed by atoms with Gasteiger partial charge in [0.25, 0.3) is 0 Å². The van der Waals surface area contributed by atoms with Crippen LogP contribution in [0, 0.1) is 0 Å². The van der Waals surface area contributed by atoms with Crippen LogP contribution in [0.15, 0.2) is 11.6 Å². The van der Waals surface area contributed by atoms with Crippen molar-refractivity contribution in [2.24, 2.45) is 0 Å². The molecule has 2 nitrogen and oxygen atoms in total. The monoisotopic (exact) mass is 170 g/mol. The highest BCUT2D eigenvalue weighted by Gasteiger charge is 2.04. The first-order chi connectivity index (χ1) is 5.72. The average Bonchev–Trinajstić information content (AvgIpc) is 2.04. The molecule has 0 atom stereocenters. The number of hydrogen-bond donors (Lipinski definition) is 1. The number of carboxylic acid groups (broad SMARTS) is 1. The molecular formula is C10H18O2. The zero-order chi connectivity index (χ0) is 9.40. The highest BCUT2D eigenvalue weighted by molar-refractivity contribution is 5.86. The Balaban J connectivity index is 3.94. The number of allylic oxidation sites excluding steroid dienone is 1. The number of carbonyl (C=O) groups is 1. The molecule has 0 unspecified atom stereocenters. The van der Waals surface area contributed by atoms with Gasteiger partial charge in [-0.25, -0.2) is 4.79 Å². The van der Waals surface area contributed by atoms with Crippen molar-refractivity contribution < 1.29 is 9.90 Å². The van der Waals surface area contributed by atoms with Crippen molar-refractivity contribution in [3.63, 3.8) is 0 Å². The summed E-state index contributed by atoms with van der Waals surface area (Å²) in [6, 6.07) is 0. The van der Waals surface area contributed by atoms with E-state index in [0.29, 0.717) is 12.0 Å². The molecule has 0 bridgehead atoms. The van der Waals surface area contributed by atoms with Gasteiger partial charge in [0.15, 0.2) is 0 Å². The van der Waals surface area contributed by atoms with Crippen LogP contribution >= 0.6 is 0 Å². The Morgan fingerprint density at radius 1 is 1.33 bits per heavy atom. The SMILES string of the molecule is CCCC=C(CCCC)C(=O)O. The van der Waals surface area contributed by atoms with Crippen molar-refractivity contribution in [2.45, 2.75) is 46.0 Å². The van der Waals surface area contributed by atoms with Crippen molar-refractivity contribution in [1.29, 1.82) is 0 Å². The highest BCUT2D eigenvalue weighted by atomic mass is 16.4. The van der Waals surface area contributed by atoms with E-state index >= 15 is 0 Å². The van der Waals surface area contributed by atoms with Gasteiger partial charge in [-0.2, -0.15) is 0 Å². The first kappa shape index (κ1) is 11.2. The summed E-state index contributed by atoms with van der Waals surface area (Å²) < 4.78 is 0. The molecule has 0 aliphatic heterocycles. The van der Waals surface area contributed by atoms with Crippen LogP contribution in [0.2, 0.25) is 0 Å². The summed E-state index contributed by atoms with van der Waals surface area (Å²) >= 11 is 0. The summed E-state index contributed by atoms with van der Waals surface area (Å²) in [5, 5.41) is 8.76. The van der Waals surface area contributed by atoms with E-state index < -0.39 is 5.97 Å². The van der Waals surface area contributed by atoms with Crippen LogP contribution in [0.5, 0.6) is 0 Å². The number of carboxylic acids is 1. The summed E-state index contributed by atoms with van der Waals surface area (Å²) in [5.41, 5.74) is 0.582. The molecule has 0 aliphatic rings. The Bertz CT molecular complexity index is 159. The maximum absolute atomic E-state index is 10.6. The third-order valence-electron chi connectivity index (χ3n) is 1.75. The third kappa shape index (κ3) is 4.94. The second-order valence-electron chi connectivity index (χ2n) is 2.93. The van der Waals surface area contributed by atoms with E-state index in [0.717, 1.165) is 25.7 Å². The molecule has 0 aromatic heterocycles. The molecule has 0 aromatic rings. The molecule has 0 saturated heterocycles. The van der Waals surface area contributed by atoms with E-state index in [1.54, 1.807) is 0 Å². The van der Waals surface area contributed by atoms with Gasteiger partial charge in [0.1, 0.15) is 0 Å². The fourth-order valence-electron chi connectivity index (χ4n) is 0.982. The summed E-state index contributed by atoms with van der Waals surface area (Å²) in [5.74, 6) is -0.753. The van der Waals surface area contributed by atoms with Gasteiger partial charge >= 0.3 is 5.97 Å². The summed E-state index contributed by atoms with van der Waals surface area (Å²) in [6.07, 6.45) is 6.48. The lowest BCUT2D eigenvalue weighted by molar-refractivity contribution is -0.132. The highest BCUT2D eigenvalue weighted by Crippen LogP contribution is 2.09. The van der Waals surface area contributed by atoms with Crippen LogP contribution < -0.4 is 0 Å². The predicted molar refractivity (Wildman–Crippen MR) is 50.2 cm³/mol. The molecular weight excluding hydrogens is 152 g/mol. The Labute approximate surface area is 74.3 Å². The van der Waals surface area contributed by atoms with Crippen LogP contribution in [-0.2, 0) is 4.79 Å². The minimum Gasteiger partial charge on any atom is -0.478 e. The molecule has 1 N–H and O–H groups in total. The zero-order valence-corrected chi connectivity index (χ0v) is 7.97. The van der Waals surface area contributed by atoms with Gasteiger partial charge < -0.3 is 5.11 Å². The third-order valence-corrected chi connectivity index (χ3v) is 1.75. The standard InChI is InChI=1S/C10H18O2/c1-3-5-7-9(10(11)12)8-6-4-2/h7H,3-6,8H2,1-2H3,(H,11,12). The minimum absolute atomic E-state index is 0.582. The van der Waals surface area contributed by atoms with Crippen molar-refractivity contribution in [1.82, 2.24) is 0 Å². The van der Waals surface area contributed by atoms with E-state index in [2.05, 4.69) is 13.8 Å². The van der Waals surface area contributed by atoms with Gasteiger partial charge in [0.2, 0.25) is 0 Å². The van der Waals surface area contributed by atoms with Gasteiger partial charge in [-0.15, -0.1) is 0 Å². The quantitative estimate of drug-likeness (QED) is 0.622. The maximum Gasteiger partial charge on any atom is 0.331 e. The normalized spacial score (nSPS) is 11.7. The van der Waals surface area contributed by atoms with Crippen LogP contribution in [0.3, 0.4) is 0 Å². The Kier molecular flexibility index (Phi) is 6.44. The van der Waals surface area contributed by atoms with Crippen LogP contribution in [-0.4, -0.2) is 11.1 Å². The van der Waals surface area contributed by atoms with Gasteiger partial charge in [-0.1, -0.05) is 32.8 Å². The lowest BCUT2D eigenvalue weighted by Gasteiger charge is -1.99. The maximum atomic E-state index is 10.6. The summed E-state index contributed by atoms with van der Waals surface area (Å²) in [7, 11) is 0. The van der Waals surface area contributed by atoms with Crippen LogP contribution in [0.1, 0.15) is 46.0 Å². The number of rotatable bonds is 6. The molecule has 0 aliphatic carbocycles. The largest absolute Gasteiger partial charge is 0.478 e. The lowest BCUT2D eigenvalue weighted by atomic mass is 10.1. The molecule has 0 rings (SSSR count). The van der Waals surface area contributed by atoms with E-state index in [9.17, 15) is 4.79 Å². The molecule has 0 aromatic carbocycles. The predicted octanol–water partition coefficient (Wildman–Crippen LogP) is 2.99. The van der Waals surface area contributed by atoms with Gasteiger partial charge in [0, 0.05) is 5.57 Å². The Morgan fingerprint density at radius 3 is 2.42 bits per heavy atom. The fourth-order valence-corrected chi connectivity index (χ4v) is 0.982. The average molecular weight is 170 g/mol. The Morgan fingerprint density at radius 2 is 2.00 bits per heavy atom. The van der Waals surface area contributed by atoms with Gasteiger partial charge in [-0.3, -0.25) is 0 Å². The van der Waals surface area contributed by atoms with E-state index in [-0.39, 0.29) is 0 Å². The molecule has 2 heteroatoms. The van der Waals surface area contributed by atoms with Gasteiger partial charge in [0.05, 0.1) is 0 Å². The summed E-state index contributed by atoms with van der Waals surface area (Å²) in [4.78, 5) is 10.6. The second-order valence-corrected chi connectivity index (χ2v) is 2.93. The number of aliphatic carboxylic acids is 1. The smallest absolute Gasteiger partial charge is 0.331 e. The lowest BCUT2D eigenvalue weighted by Crippen LogP contribution is -2.00. The van der Waals surface area contributed by atoms with Crippen molar-refractivity contribution >= 4 is 5.97 Å². The molecule has 0 fully saturated rings.